The number of hydrogen-bond acceptors (Lipinski definition) is 4. The third kappa shape index (κ3) is 7.67. The third-order valence-electron chi connectivity index (χ3n) is 6.65. The average Bonchev–Trinajstić information content (AvgIpc) is 3.24. The molecule has 1 aromatic rings. The van der Waals surface area contributed by atoms with Crippen molar-refractivity contribution in [1.29, 1.82) is 0 Å². The van der Waals surface area contributed by atoms with Crippen LogP contribution in [0.4, 0.5) is 13.2 Å². The first kappa shape index (κ1) is 28.6. The molecule has 5 nitrogen and oxygen atoms in total. The van der Waals surface area contributed by atoms with Gasteiger partial charge >= 0.3 is 6.18 Å². The molecule has 1 fully saturated rings. The minimum absolute atomic E-state index is 0.0541. The summed E-state index contributed by atoms with van der Waals surface area (Å²) in [5.74, 6) is 0.796. The van der Waals surface area contributed by atoms with Gasteiger partial charge in [0.25, 0.3) is 0 Å². The number of pyridine rings is 1. The third-order valence-corrected chi connectivity index (χ3v) is 6.65. The molecule has 0 bridgehead atoms. The van der Waals surface area contributed by atoms with Gasteiger partial charge in [-0.1, -0.05) is 41.0 Å². The van der Waals surface area contributed by atoms with Crippen molar-refractivity contribution >= 4 is 5.91 Å². The number of aromatic nitrogens is 1. The Balaban J connectivity index is 0.00000129. The number of amides is 1. The van der Waals surface area contributed by atoms with Gasteiger partial charge in [-0.15, -0.1) is 0 Å². The molecule has 194 valence electrons. The SMILES string of the molecule is CCC.COCC(C)C(NC1CCC(C(=O)N2CCc3ncc(C(F)(F)F)cc3C2)C1)C(C)C. The van der Waals surface area contributed by atoms with Crippen LogP contribution in [0.5, 0.6) is 0 Å². The Morgan fingerprint density at radius 2 is 1.94 bits per heavy atom. The molecule has 0 spiro atoms. The second kappa shape index (κ2) is 12.9. The minimum atomic E-state index is -4.43. The number of methoxy groups -OCH3 is 1. The first-order valence-corrected chi connectivity index (χ1v) is 12.6. The first-order chi connectivity index (χ1) is 16.0. The number of rotatable bonds is 7. The Morgan fingerprint density at radius 1 is 1.26 bits per heavy atom. The predicted octanol–water partition coefficient (Wildman–Crippen LogP) is 5.47. The van der Waals surface area contributed by atoms with Crippen LogP contribution < -0.4 is 5.32 Å². The monoisotopic (exact) mass is 485 g/mol. The van der Waals surface area contributed by atoms with Crippen LogP contribution >= 0.6 is 0 Å². The van der Waals surface area contributed by atoms with Crippen LogP contribution in [0.15, 0.2) is 12.3 Å². The number of ether oxygens (including phenoxy) is 1. The molecule has 4 atom stereocenters. The van der Waals surface area contributed by atoms with Gasteiger partial charge in [-0.25, -0.2) is 0 Å². The van der Waals surface area contributed by atoms with Crippen molar-refractivity contribution in [3.05, 3.63) is 29.1 Å². The second-order valence-corrected chi connectivity index (χ2v) is 10.1. The molecular formula is C26H42F3N3O2. The number of carbonyl (C=O) groups is 1. The van der Waals surface area contributed by atoms with Crippen LogP contribution in [-0.2, 0) is 28.7 Å². The summed E-state index contributed by atoms with van der Waals surface area (Å²) in [4.78, 5) is 18.8. The summed E-state index contributed by atoms with van der Waals surface area (Å²) in [7, 11) is 1.71. The largest absolute Gasteiger partial charge is 0.417 e. The van der Waals surface area contributed by atoms with Crippen molar-refractivity contribution in [3.8, 4) is 0 Å². The lowest BCUT2D eigenvalue weighted by Crippen LogP contribution is -2.46. The molecule has 1 saturated carbocycles. The zero-order valence-corrected chi connectivity index (χ0v) is 21.5. The van der Waals surface area contributed by atoms with Crippen LogP contribution in [0.1, 0.15) is 77.1 Å². The Kier molecular flexibility index (Phi) is 10.8. The van der Waals surface area contributed by atoms with Crippen LogP contribution in [-0.4, -0.2) is 48.1 Å². The van der Waals surface area contributed by atoms with E-state index >= 15 is 0 Å². The lowest BCUT2D eigenvalue weighted by molar-refractivity contribution is -0.137. The molecule has 0 aromatic carbocycles. The highest BCUT2D eigenvalue weighted by Gasteiger charge is 2.37. The summed E-state index contributed by atoms with van der Waals surface area (Å²) in [6, 6.07) is 1.73. The molecule has 1 aliphatic carbocycles. The predicted molar refractivity (Wildman–Crippen MR) is 128 cm³/mol. The van der Waals surface area contributed by atoms with Crippen LogP contribution in [0, 0.1) is 17.8 Å². The van der Waals surface area contributed by atoms with Crippen molar-refractivity contribution in [1.82, 2.24) is 15.2 Å². The first-order valence-electron chi connectivity index (χ1n) is 12.6. The Labute approximate surface area is 202 Å². The molecule has 1 aliphatic heterocycles. The number of halogens is 3. The maximum absolute atomic E-state index is 13.1. The molecule has 0 saturated heterocycles. The smallest absolute Gasteiger partial charge is 0.384 e. The standard InChI is InChI=1S/C23H34F3N3O2.C3H8/c1-14(2)21(15(3)13-31-4)28-19-6-5-16(10-19)22(30)29-8-7-20-17(12-29)9-18(11-27-20)23(24,25)26;1-3-2/h9,11,14-16,19,21,28H,5-8,10,12-13H2,1-4H3;3H2,1-2H3. The van der Waals surface area contributed by atoms with Gasteiger partial charge in [-0.05, 0) is 42.7 Å². The maximum Gasteiger partial charge on any atom is 0.417 e. The van der Waals surface area contributed by atoms with Crippen molar-refractivity contribution in [2.75, 3.05) is 20.3 Å². The molecule has 3 rings (SSSR count). The highest BCUT2D eigenvalue weighted by molar-refractivity contribution is 5.79. The molecular weight excluding hydrogens is 443 g/mol. The fourth-order valence-corrected chi connectivity index (χ4v) is 5.04. The van der Waals surface area contributed by atoms with E-state index in [1.807, 2.05) is 0 Å². The van der Waals surface area contributed by atoms with Crippen LogP contribution in [0.2, 0.25) is 0 Å². The maximum atomic E-state index is 13.1. The normalized spacial score (nSPS) is 22.1. The van der Waals surface area contributed by atoms with E-state index < -0.39 is 11.7 Å². The van der Waals surface area contributed by atoms with E-state index in [4.69, 9.17) is 4.74 Å². The highest BCUT2D eigenvalue weighted by atomic mass is 19.4. The van der Waals surface area contributed by atoms with Crippen molar-refractivity contribution in [2.45, 2.75) is 91.5 Å². The number of fused-ring (bicyclic) bond motifs is 1. The molecule has 1 N–H and O–H groups in total. The van der Waals surface area contributed by atoms with Crippen molar-refractivity contribution < 1.29 is 22.7 Å². The lowest BCUT2D eigenvalue weighted by atomic mass is 9.91. The summed E-state index contributed by atoms with van der Waals surface area (Å²) < 4.78 is 44.4. The van der Waals surface area contributed by atoms with Crippen molar-refractivity contribution in [2.24, 2.45) is 17.8 Å². The molecule has 34 heavy (non-hydrogen) atoms. The molecule has 8 heteroatoms. The minimum Gasteiger partial charge on any atom is -0.384 e. The van der Waals surface area contributed by atoms with Gasteiger partial charge in [0.15, 0.2) is 0 Å². The van der Waals surface area contributed by atoms with E-state index in [0.717, 1.165) is 31.5 Å². The Hall–Kier alpha value is -1.67. The summed E-state index contributed by atoms with van der Waals surface area (Å²) in [6.45, 7) is 12.2. The molecule has 1 amide bonds. The van der Waals surface area contributed by atoms with Gasteiger partial charge in [-0.2, -0.15) is 13.2 Å². The zero-order chi connectivity index (χ0) is 25.5. The van der Waals surface area contributed by atoms with E-state index in [2.05, 4.69) is 44.9 Å². The molecule has 0 radical (unpaired) electrons. The van der Waals surface area contributed by atoms with Crippen LogP contribution in [0.3, 0.4) is 0 Å². The molecule has 2 aliphatic rings. The van der Waals surface area contributed by atoms with Gasteiger partial charge in [0.2, 0.25) is 5.91 Å². The highest BCUT2D eigenvalue weighted by Crippen LogP contribution is 2.33. The number of nitrogens with zero attached hydrogens (tertiary/aromatic N) is 2. The van der Waals surface area contributed by atoms with E-state index in [0.29, 0.717) is 48.7 Å². The summed E-state index contributed by atoms with van der Waals surface area (Å²) in [5, 5.41) is 3.74. The van der Waals surface area contributed by atoms with Gasteiger partial charge in [0.05, 0.1) is 12.2 Å². The van der Waals surface area contributed by atoms with Gasteiger partial charge < -0.3 is 15.0 Å². The molecule has 1 aromatic heterocycles. The van der Waals surface area contributed by atoms with E-state index in [1.165, 1.54) is 6.42 Å². The fraction of sp³-hybridized carbons (Fsp3) is 0.769. The second-order valence-electron chi connectivity index (χ2n) is 10.1. The van der Waals surface area contributed by atoms with Crippen molar-refractivity contribution in [3.63, 3.8) is 0 Å². The Bertz CT molecular complexity index is 785. The lowest BCUT2D eigenvalue weighted by Gasteiger charge is -2.32. The molecule has 2 heterocycles. The number of hydrogen-bond donors (Lipinski definition) is 1. The summed E-state index contributed by atoms with van der Waals surface area (Å²) in [6.07, 6.45) is 0.724. The van der Waals surface area contributed by atoms with E-state index in [1.54, 1.807) is 12.0 Å². The summed E-state index contributed by atoms with van der Waals surface area (Å²) in [5.41, 5.74) is 0.417. The number of nitrogens with one attached hydrogen (secondary N) is 1. The van der Waals surface area contributed by atoms with E-state index in [-0.39, 0.29) is 24.4 Å². The Morgan fingerprint density at radius 3 is 2.53 bits per heavy atom. The van der Waals surface area contributed by atoms with Gasteiger partial charge in [0, 0.05) is 56.5 Å². The molecule has 4 unspecified atom stereocenters. The zero-order valence-electron chi connectivity index (χ0n) is 21.5. The average molecular weight is 486 g/mol. The fourth-order valence-electron chi connectivity index (χ4n) is 5.04. The van der Waals surface area contributed by atoms with Gasteiger partial charge in [0.1, 0.15) is 0 Å². The van der Waals surface area contributed by atoms with Crippen LogP contribution in [0.25, 0.3) is 0 Å². The van der Waals surface area contributed by atoms with Gasteiger partial charge in [-0.3, -0.25) is 9.78 Å². The number of carbonyl (C=O) groups excluding carboxylic acids is 1. The number of alkyl halides is 3. The summed E-state index contributed by atoms with van der Waals surface area (Å²) >= 11 is 0. The van der Waals surface area contributed by atoms with E-state index in [9.17, 15) is 18.0 Å². The quantitative estimate of drug-likeness (QED) is 0.557. The topological polar surface area (TPSA) is 54.5 Å².